The van der Waals surface area contributed by atoms with Gasteiger partial charge in [-0.1, -0.05) is 24.6 Å². The van der Waals surface area contributed by atoms with Gasteiger partial charge in [0.15, 0.2) is 11.5 Å². The second-order valence-corrected chi connectivity index (χ2v) is 7.70. The van der Waals surface area contributed by atoms with Gasteiger partial charge in [-0.25, -0.2) is 0 Å². The van der Waals surface area contributed by atoms with Gasteiger partial charge in [0, 0.05) is 5.88 Å². The molecular weight excluding hydrogens is 374 g/mol. The molecule has 0 amide bonds. The van der Waals surface area contributed by atoms with E-state index in [9.17, 15) is 5.11 Å². The fraction of sp³-hybridized carbons (Fsp3) is 0.478. The number of methoxy groups -OCH3 is 2. The fourth-order valence-electron chi connectivity index (χ4n) is 4.41. The minimum Gasteiger partial charge on any atom is -0.508 e. The Hall–Kier alpha value is -1.91. The third-order valence-electron chi connectivity index (χ3n) is 5.77. The van der Waals surface area contributed by atoms with Crippen LogP contribution >= 0.6 is 11.6 Å². The summed E-state index contributed by atoms with van der Waals surface area (Å²) in [7, 11) is 3.33. The van der Waals surface area contributed by atoms with Crippen LogP contribution in [-0.2, 0) is 5.54 Å². The van der Waals surface area contributed by atoms with Crippen LogP contribution in [0.5, 0.6) is 17.2 Å². The summed E-state index contributed by atoms with van der Waals surface area (Å²) in [6, 6.07) is 13.8. The van der Waals surface area contributed by atoms with Gasteiger partial charge in [-0.05, 0) is 74.2 Å². The Morgan fingerprint density at radius 1 is 0.929 bits per heavy atom. The second kappa shape index (κ2) is 9.53. The smallest absolute Gasteiger partial charge is 0.161 e. The van der Waals surface area contributed by atoms with E-state index in [1.165, 1.54) is 30.4 Å². The van der Waals surface area contributed by atoms with E-state index < -0.39 is 0 Å². The number of hydrogen-bond donors (Lipinski definition) is 1. The first kappa shape index (κ1) is 20.8. The lowest BCUT2D eigenvalue weighted by Gasteiger charge is -2.47. The zero-order valence-electron chi connectivity index (χ0n) is 16.8. The number of alkyl halides is 1. The van der Waals surface area contributed by atoms with E-state index in [1.807, 2.05) is 18.2 Å². The summed E-state index contributed by atoms with van der Waals surface area (Å²) in [6.07, 6.45) is 5.44. The van der Waals surface area contributed by atoms with Crippen LogP contribution < -0.4 is 9.47 Å². The molecular formula is C23H30ClNO3. The molecule has 0 radical (unpaired) electrons. The van der Waals surface area contributed by atoms with Crippen molar-refractivity contribution < 1.29 is 14.6 Å². The molecule has 152 valence electrons. The molecule has 0 spiro atoms. The van der Waals surface area contributed by atoms with Crippen molar-refractivity contribution in [1.82, 2.24) is 4.90 Å². The van der Waals surface area contributed by atoms with Gasteiger partial charge >= 0.3 is 0 Å². The lowest BCUT2D eigenvalue weighted by molar-refractivity contribution is 0.0877. The summed E-state index contributed by atoms with van der Waals surface area (Å²) < 4.78 is 11.1. The van der Waals surface area contributed by atoms with E-state index in [0.29, 0.717) is 5.88 Å². The SMILES string of the molecule is COc1ccc(C(CCCCl)(c2ccc(O)cc2)N2CCCCC2)cc1OC. The van der Waals surface area contributed by atoms with E-state index in [2.05, 4.69) is 17.0 Å². The molecule has 28 heavy (non-hydrogen) atoms. The first-order valence-electron chi connectivity index (χ1n) is 9.98. The zero-order chi connectivity index (χ0) is 20.0. The topological polar surface area (TPSA) is 41.9 Å². The van der Waals surface area contributed by atoms with Crippen LogP contribution in [0.4, 0.5) is 0 Å². The Morgan fingerprint density at radius 3 is 2.18 bits per heavy atom. The summed E-state index contributed by atoms with van der Waals surface area (Å²) in [5.74, 6) is 2.34. The highest BCUT2D eigenvalue weighted by Gasteiger charge is 2.40. The van der Waals surface area contributed by atoms with Gasteiger partial charge in [-0.2, -0.15) is 0 Å². The Morgan fingerprint density at radius 2 is 1.57 bits per heavy atom. The predicted octanol–water partition coefficient (Wildman–Crippen LogP) is 5.16. The van der Waals surface area contributed by atoms with Crippen molar-refractivity contribution in [3.63, 3.8) is 0 Å². The summed E-state index contributed by atoms with van der Waals surface area (Å²) in [5.41, 5.74) is 2.02. The molecule has 2 aromatic rings. The van der Waals surface area contributed by atoms with E-state index in [0.717, 1.165) is 37.4 Å². The second-order valence-electron chi connectivity index (χ2n) is 7.32. The normalized spacial score (nSPS) is 17.1. The molecule has 1 heterocycles. The maximum Gasteiger partial charge on any atom is 0.161 e. The quantitative estimate of drug-likeness (QED) is 0.618. The molecule has 1 aliphatic rings. The molecule has 5 heteroatoms. The predicted molar refractivity (Wildman–Crippen MR) is 114 cm³/mol. The Kier molecular flexibility index (Phi) is 7.08. The summed E-state index contributed by atoms with van der Waals surface area (Å²) in [4.78, 5) is 2.58. The van der Waals surface area contributed by atoms with Crippen LogP contribution in [-0.4, -0.2) is 43.2 Å². The first-order chi connectivity index (χ1) is 13.7. The Bertz CT molecular complexity index is 759. The Balaban J connectivity index is 2.19. The monoisotopic (exact) mass is 403 g/mol. The van der Waals surface area contributed by atoms with Gasteiger partial charge in [-0.3, -0.25) is 4.90 Å². The molecule has 0 aromatic heterocycles. The number of phenols is 1. The highest BCUT2D eigenvalue weighted by molar-refractivity contribution is 6.17. The maximum atomic E-state index is 9.86. The van der Waals surface area contributed by atoms with Crippen molar-refractivity contribution in [2.75, 3.05) is 33.2 Å². The van der Waals surface area contributed by atoms with Crippen molar-refractivity contribution >= 4 is 11.6 Å². The van der Waals surface area contributed by atoms with Crippen LogP contribution in [0.2, 0.25) is 0 Å². The van der Waals surface area contributed by atoms with Crippen LogP contribution in [0.15, 0.2) is 42.5 Å². The van der Waals surface area contributed by atoms with Crippen LogP contribution in [0.3, 0.4) is 0 Å². The maximum absolute atomic E-state index is 9.86. The van der Waals surface area contributed by atoms with Crippen molar-refractivity contribution in [3.05, 3.63) is 53.6 Å². The van der Waals surface area contributed by atoms with Gasteiger partial charge in [0.1, 0.15) is 5.75 Å². The molecule has 1 saturated heterocycles. The average Bonchev–Trinajstić information content (AvgIpc) is 2.75. The van der Waals surface area contributed by atoms with E-state index in [4.69, 9.17) is 21.1 Å². The summed E-state index contributed by atoms with van der Waals surface area (Å²) in [6.45, 7) is 2.08. The van der Waals surface area contributed by atoms with Crippen molar-refractivity contribution in [2.24, 2.45) is 0 Å². The number of nitrogens with zero attached hydrogens (tertiary/aromatic N) is 1. The number of phenolic OH excluding ortho intramolecular Hbond substituents is 1. The molecule has 3 rings (SSSR count). The number of piperidine rings is 1. The number of benzene rings is 2. The lowest BCUT2D eigenvalue weighted by Crippen LogP contribution is -2.49. The van der Waals surface area contributed by atoms with Crippen LogP contribution in [0.1, 0.15) is 43.2 Å². The molecule has 0 saturated carbocycles. The van der Waals surface area contributed by atoms with E-state index in [-0.39, 0.29) is 11.3 Å². The molecule has 1 N–H and O–H groups in total. The number of likely N-dealkylation sites (tertiary alicyclic amines) is 1. The van der Waals surface area contributed by atoms with Gasteiger partial charge in [0.05, 0.1) is 19.8 Å². The largest absolute Gasteiger partial charge is 0.508 e. The minimum atomic E-state index is -0.317. The molecule has 1 aliphatic heterocycles. The lowest BCUT2D eigenvalue weighted by atomic mass is 9.76. The molecule has 1 unspecified atom stereocenters. The molecule has 2 aromatic carbocycles. The zero-order valence-corrected chi connectivity index (χ0v) is 17.5. The summed E-state index contributed by atoms with van der Waals surface area (Å²) in [5, 5.41) is 9.86. The number of ether oxygens (including phenoxy) is 2. The van der Waals surface area contributed by atoms with Crippen molar-refractivity contribution in [1.29, 1.82) is 0 Å². The van der Waals surface area contributed by atoms with Crippen LogP contribution in [0, 0.1) is 0 Å². The van der Waals surface area contributed by atoms with E-state index in [1.54, 1.807) is 26.4 Å². The van der Waals surface area contributed by atoms with Gasteiger partial charge in [0.25, 0.3) is 0 Å². The number of halogens is 1. The number of rotatable bonds is 8. The fourth-order valence-corrected chi connectivity index (χ4v) is 4.54. The molecule has 4 nitrogen and oxygen atoms in total. The molecule has 1 fully saturated rings. The first-order valence-corrected chi connectivity index (χ1v) is 10.5. The van der Waals surface area contributed by atoms with Crippen LogP contribution in [0.25, 0.3) is 0 Å². The Labute approximate surface area is 173 Å². The standard InChI is InChI=1S/C23H30ClNO3/c1-27-21-12-9-19(17-22(21)28-2)23(13-6-14-24,25-15-4-3-5-16-25)18-7-10-20(26)11-8-18/h7-12,17,26H,3-6,13-16H2,1-2H3. The van der Waals surface area contributed by atoms with E-state index >= 15 is 0 Å². The van der Waals surface area contributed by atoms with Crippen molar-refractivity contribution in [3.8, 4) is 17.2 Å². The highest BCUT2D eigenvalue weighted by Crippen LogP contribution is 2.44. The number of aromatic hydroxyl groups is 1. The van der Waals surface area contributed by atoms with Crippen molar-refractivity contribution in [2.45, 2.75) is 37.6 Å². The third-order valence-corrected chi connectivity index (χ3v) is 6.04. The third kappa shape index (κ3) is 4.08. The molecule has 0 bridgehead atoms. The van der Waals surface area contributed by atoms with Gasteiger partial charge in [0.2, 0.25) is 0 Å². The molecule has 0 aliphatic carbocycles. The van der Waals surface area contributed by atoms with Gasteiger partial charge < -0.3 is 14.6 Å². The molecule has 1 atom stereocenters. The minimum absolute atomic E-state index is 0.279. The highest BCUT2D eigenvalue weighted by atomic mass is 35.5. The van der Waals surface area contributed by atoms with Gasteiger partial charge in [-0.15, -0.1) is 11.6 Å². The number of hydrogen-bond acceptors (Lipinski definition) is 4. The summed E-state index contributed by atoms with van der Waals surface area (Å²) >= 11 is 6.15. The average molecular weight is 404 g/mol.